The van der Waals surface area contributed by atoms with Gasteiger partial charge in [0.15, 0.2) is 5.69 Å². The number of hydrogen-bond donors (Lipinski definition) is 0. The maximum atomic E-state index is 13.0. The smallest absolute Gasteiger partial charge is 0.420 e. The molecule has 21 heavy (non-hydrogen) atoms. The van der Waals surface area contributed by atoms with Crippen LogP contribution in [0.4, 0.5) is 13.2 Å². The summed E-state index contributed by atoms with van der Waals surface area (Å²) in [6.07, 6.45) is -2.36. The van der Waals surface area contributed by atoms with Gasteiger partial charge in [-0.2, -0.15) is 18.3 Å². The third kappa shape index (κ3) is 2.41. The van der Waals surface area contributed by atoms with E-state index in [0.717, 1.165) is 17.5 Å². The van der Waals surface area contributed by atoms with Gasteiger partial charge < -0.3 is 9.47 Å². The number of carbonyl (C=O) groups is 1. The predicted molar refractivity (Wildman–Crippen MR) is 64.6 cm³/mol. The molecular weight excluding hydrogens is 289 g/mol. The summed E-state index contributed by atoms with van der Waals surface area (Å²) >= 11 is 0. The first-order valence-electron chi connectivity index (χ1n) is 6.79. The molecule has 0 N–H and O–H groups in total. The van der Waals surface area contributed by atoms with Gasteiger partial charge >= 0.3 is 12.1 Å². The molecule has 1 saturated carbocycles. The van der Waals surface area contributed by atoms with Crippen LogP contribution in [0, 0.1) is 5.92 Å². The highest BCUT2D eigenvalue weighted by Crippen LogP contribution is 2.49. The average molecular weight is 304 g/mol. The van der Waals surface area contributed by atoms with E-state index in [9.17, 15) is 18.0 Å². The van der Waals surface area contributed by atoms with E-state index in [1.54, 1.807) is 6.92 Å². The zero-order valence-corrected chi connectivity index (χ0v) is 11.4. The molecule has 1 aromatic heterocycles. The Bertz CT molecular complexity index is 556. The van der Waals surface area contributed by atoms with Crippen molar-refractivity contribution in [2.75, 3.05) is 13.2 Å². The number of halogens is 3. The maximum absolute atomic E-state index is 13.0. The van der Waals surface area contributed by atoms with E-state index in [-0.39, 0.29) is 13.2 Å². The van der Waals surface area contributed by atoms with Gasteiger partial charge in [0.2, 0.25) is 0 Å². The van der Waals surface area contributed by atoms with Gasteiger partial charge in [0.1, 0.15) is 5.56 Å². The molecule has 3 fully saturated rings. The molecule has 0 atom stereocenters. The molecule has 0 unspecified atom stereocenters. The minimum atomic E-state index is -4.64. The Hall–Kier alpha value is -1.57. The summed E-state index contributed by atoms with van der Waals surface area (Å²) in [5, 5.41) is 3.74. The molecule has 3 aliphatic rings. The minimum Gasteiger partial charge on any atom is -0.461 e. The molecule has 0 radical (unpaired) electrons. The number of nitrogens with zero attached hydrogens (tertiary/aromatic N) is 2. The molecular formula is C13H15F3N2O3. The molecule has 0 aromatic carbocycles. The van der Waals surface area contributed by atoms with Crippen molar-refractivity contribution >= 4 is 5.97 Å². The highest BCUT2D eigenvalue weighted by atomic mass is 19.4. The summed E-state index contributed by atoms with van der Waals surface area (Å²) in [5.41, 5.74) is -2.08. The van der Waals surface area contributed by atoms with Crippen molar-refractivity contribution in [2.45, 2.75) is 38.1 Å². The van der Waals surface area contributed by atoms with E-state index < -0.39 is 29.0 Å². The molecule has 4 rings (SSSR count). The number of ether oxygens (including phenoxy) is 2. The Balaban J connectivity index is 1.92. The normalized spacial score (nSPS) is 27.5. The monoisotopic (exact) mass is 304 g/mol. The Morgan fingerprint density at radius 2 is 2.29 bits per heavy atom. The van der Waals surface area contributed by atoms with Crippen molar-refractivity contribution in [2.24, 2.45) is 5.92 Å². The zero-order valence-electron chi connectivity index (χ0n) is 11.4. The summed E-state index contributed by atoms with van der Waals surface area (Å²) in [7, 11) is 0. The second-order valence-electron chi connectivity index (χ2n) is 5.55. The number of carbonyl (C=O) groups excluding carboxylic acids is 1. The van der Waals surface area contributed by atoms with Gasteiger partial charge in [-0.15, -0.1) is 0 Å². The highest BCUT2D eigenvalue weighted by molar-refractivity contribution is 5.89. The first-order chi connectivity index (χ1) is 9.85. The van der Waals surface area contributed by atoms with E-state index in [4.69, 9.17) is 9.47 Å². The van der Waals surface area contributed by atoms with Crippen LogP contribution in [0.25, 0.3) is 0 Å². The van der Waals surface area contributed by atoms with Crippen LogP contribution < -0.4 is 0 Å². The molecule has 2 bridgehead atoms. The number of alkyl halides is 3. The largest absolute Gasteiger partial charge is 0.461 e. The second-order valence-corrected chi connectivity index (χ2v) is 5.55. The molecule has 8 heteroatoms. The van der Waals surface area contributed by atoms with E-state index in [2.05, 4.69) is 5.10 Å². The number of hydrogen-bond acceptors (Lipinski definition) is 4. The van der Waals surface area contributed by atoms with Crippen LogP contribution in [-0.2, 0) is 22.2 Å². The average Bonchev–Trinajstić information content (AvgIpc) is 3.01. The van der Waals surface area contributed by atoms with Crippen LogP contribution in [0.3, 0.4) is 0 Å². The number of esters is 1. The molecule has 2 aliphatic heterocycles. The van der Waals surface area contributed by atoms with E-state index in [1.165, 1.54) is 0 Å². The topological polar surface area (TPSA) is 53.3 Å². The standard InChI is InChI=1S/C13H15F3N2O3/c1-2-20-11(19)10-9(13(14,15)16)5-17-18(10)7-12-3-8(4-12)6-21-12/h5,8H,2-4,6-7H2,1H3. The Kier molecular flexibility index (Phi) is 3.23. The molecule has 1 aromatic rings. The van der Waals surface area contributed by atoms with Crippen molar-refractivity contribution in [3.05, 3.63) is 17.5 Å². The fourth-order valence-corrected chi connectivity index (χ4v) is 3.10. The Morgan fingerprint density at radius 3 is 2.81 bits per heavy atom. The highest BCUT2D eigenvalue weighted by Gasteiger charge is 2.53. The summed E-state index contributed by atoms with van der Waals surface area (Å²) in [6, 6.07) is 0. The molecule has 0 amide bonds. The molecule has 116 valence electrons. The summed E-state index contributed by atoms with van der Waals surface area (Å²) < 4.78 is 50.4. The Morgan fingerprint density at radius 1 is 1.57 bits per heavy atom. The molecule has 2 saturated heterocycles. The van der Waals surface area contributed by atoms with E-state index in [0.29, 0.717) is 18.7 Å². The van der Waals surface area contributed by atoms with Gasteiger partial charge in [-0.05, 0) is 25.7 Å². The lowest BCUT2D eigenvalue weighted by atomic mass is 9.74. The zero-order chi connectivity index (χ0) is 15.3. The minimum absolute atomic E-state index is 0.00499. The fraction of sp³-hybridized carbons (Fsp3) is 0.692. The lowest BCUT2D eigenvalue weighted by Gasteiger charge is -2.35. The van der Waals surface area contributed by atoms with Crippen molar-refractivity contribution < 1.29 is 27.4 Å². The Labute approximate surface area is 119 Å². The van der Waals surface area contributed by atoms with Crippen LogP contribution in [0.1, 0.15) is 35.8 Å². The fourth-order valence-electron chi connectivity index (χ4n) is 3.10. The number of rotatable bonds is 4. The van der Waals surface area contributed by atoms with E-state index >= 15 is 0 Å². The lowest BCUT2D eigenvalue weighted by Crippen LogP contribution is -2.41. The predicted octanol–water partition coefficient (Wildman–Crippen LogP) is 2.26. The SMILES string of the molecule is CCOC(=O)c1c(C(F)(F)F)cnn1CC12CC(CO1)C2. The molecule has 5 nitrogen and oxygen atoms in total. The molecule has 0 spiro atoms. The molecule has 3 heterocycles. The van der Waals surface area contributed by atoms with Crippen LogP contribution >= 0.6 is 0 Å². The number of fused-ring (bicyclic) bond motifs is 1. The van der Waals surface area contributed by atoms with Crippen LogP contribution in [0.2, 0.25) is 0 Å². The summed E-state index contributed by atoms with van der Waals surface area (Å²) in [5.74, 6) is -0.527. The summed E-state index contributed by atoms with van der Waals surface area (Å²) in [6.45, 7) is 2.32. The maximum Gasteiger partial charge on any atom is 0.420 e. The van der Waals surface area contributed by atoms with Crippen molar-refractivity contribution in [1.82, 2.24) is 9.78 Å². The van der Waals surface area contributed by atoms with E-state index in [1.807, 2.05) is 0 Å². The third-order valence-corrected chi connectivity index (χ3v) is 4.00. The third-order valence-electron chi connectivity index (χ3n) is 4.00. The van der Waals surface area contributed by atoms with Gasteiger partial charge in [-0.1, -0.05) is 0 Å². The lowest BCUT2D eigenvalue weighted by molar-refractivity contribution is -0.138. The first-order valence-corrected chi connectivity index (χ1v) is 6.79. The van der Waals surface area contributed by atoms with Gasteiger partial charge in [0, 0.05) is 0 Å². The van der Waals surface area contributed by atoms with Crippen LogP contribution in [-0.4, -0.2) is 34.6 Å². The van der Waals surface area contributed by atoms with Gasteiger partial charge in [-0.3, -0.25) is 4.68 Å². The van der Waals surface area contributed by atoms with Gasteiger partial charge in [0.05, 0.1) is 31.6 Å². The quantitative estimate of drug-likeness (QED) is 0.801. The summed E-state index contributed by atoms with van der Waals surface area (Å²) in [4.78, 5) is 11.9. The van der Waals surface area contributed by atoms with Crippen LogP contribution in [0.15, 0.2) is 6.20 Å². The first kappa shape index (κ1) is 14.4. The number of aromatic nitrogens is 2. The van der Waals surface area contributed by atoms with Gasteiger partial charge in [0.25, 0.3) is 0 Å². The van der Waals surface area contributed by atoms with Crippen LogP contribution in [0.5, 0.6) is 0 Å². The van der Waals surface area contributed by atoms with Crippen molar-refractivity contribution in [1.29, 1.82) is 0 Å². The van der Waals surface area contributed by atoms with Gasteiger partial charge in [-0.25, -0.2) is 4.79 Å². The molecule has 1 aliphatic carbocycles. The second kappa shape index (κ2) is 4.72. The van der Waals surface area contributed by atoms with Crippen molar-refractivity contribution in [3.63, 3.8) is 0 Å². The van der Waals surface area contributed by atoms with Crippen molar-refractivity contribution in [3.8, 4) is 0 Å².